The molecule has 0 heterocycles. The lowest BCUT2D eigenvalue weighted by atomic mass is 10.4. The van der Waals surface area contributed by atoms with Gasteiger partial charge >= 0.3 is 0 Å². The van der Waals surface area contributed by atoms with Crippen molar-refractivity contribution in [2.75, 3.05) is 66.7 Å². The number of nitrogens with one attached hydrogen (secondary N) is 2. The molecule has 0 fully saturated rings. The molecule has 0 spiro atoms. The lowest BCUT2D eigenvalue weighted by Crippen LogP contribution is -2.41. The van der Waals surface area contributed by atoms with E-state index in [4.69, 9.17) is 9.47 Å². The number of rotatable bonds is 12. The van der Waals surface area contributed by atoms with Crippen molar-refractivity contribution in [1.29, 1.82) is 0 Å². The molecular weight excluding hydrogens is 256 g/mol. The highest BCUT2D eigenvalue weighted by Crippen LogP contribution is 1.85. The molecule has 2 N–H and O–H groups in total. The van der Waals surface area contributed by atoms with E-state index in [1.165, 1.54) is 0 Å². The van der Waals surface area contributed by atoms with Gasteiger partial charge in [0.25, 0.3) is 0 Å². The molecule has 0 amide bonds. The molecule has 0 unspecified atom stereocenters. The SMILES string of the molecule is CCNC(=NCCCOCC)NCCN(C)CCOC. The van der Waals surface area contributed by atoms with E-state index >= 15 is 0 Å². The summed E-state index contributed by atoms with van der Waals surface area (Å²) in [6.45, 7) is 10.8. The first kappa shape index (κ1) is 19.1. The number of ether oxygens (including phenoxy) is 2. The van der Waals surface area contributed by atoms with Gasteiger partial charge in [-0.25, -0.2) is 0 Å². The predicted octanol–water partition coefficient (Wildman–Crippen LogP) is 0.546. The molecule has 0 radical (unpaired) electrons. The quantitative estimate of drug-likeness (QED) is 0.312. The van der Waals surface area contributed by atoms with Gasteiger partial charge in [-0.1, -0.05) is 0 Å². The van der Waals surface area contributed by atoms with Crippen molar-refractivity contribution >= 4 is 5.96 Å². The van der Waals surface area contributed by atoms with Crippen LogP contribution in [0.3, 0.4) is 0 Å². The lowest BCUT2D eigenvalue weighted by molar-refractivity contribution is 0.146. The smallest absolute Gasteiger partial charge is 0.191 e. The molecule has 0 aliphatic rings. The van der Waals surface area contributed by atoms with E-state index in [2.05, 4.69) is 34.5 Å². The molecular formula is C14H32N4O2. The maximum absolute atomic E-state index is 5.30. The Hall–Kier alpha value is -0.850. The number of nitrogens with zero attached hydrogens (tertiary/aromatic N) is 2. The van der Waals surface area contributed by atoms with E-state index in [-0.39, 0.29) is 0 Å². The summed E-state index contributed by atoms with van der Waals surface area (Å²) in [7, 11) is 3.82. The second kappa shape index (κ2) is 14.6. The summed E-state index contributed by atoms with van der Waals surface area (Å²) in [5.74, 6) is 0.879. The Labute approximate surface area is 123 Å². The monoisotopic (exact) mass is 288 g/mol. The van der Waals surface area contributed by atoms with Crippen LogP contribution >= 0.6 is 0 Å². The molecule has 20 heavy (non-hydrogen) atoms. The molecule has 0 saturated heterocycles. The molecule has 0 bridgehead atoms. The molecule has 0 aromatic carbocycles. The Bertz CT molecular complexity index is 237. The molecule has 0 aliphatic heterocycles. The minimum Gasteiger partial charge on any atom is -0.383 e. The van der Waals surface area contributed by atoms with Crippen molar-refractivity contribution in [2.24, 2.45) is 4.99 Å². The van der Waals surface area contributed by atoms with Crippen LogP contribution in [0.4, 0.5) is 0 Å². The van der Waals surface area contributed by atoms with Crippen LogP contribution in [-0.4, -0.2) is 77.6 Å². The van der Waals surface area contributed by atoms with E-state index in [0.29, 0.717) is 0 Å². The fourth-order valence-corrected chi connectivity index (χ4v) is 1.57. The second-order valence-electron chi connectivity index (χ2n) is 4.53. The average molecular weight is 288 g/mol. The molecule has 0 saturated carbocycles. The van der Waals surface area contributed by atoms with Gasteiger partial charge in [-0.15, -0.1) is 0 Å². The van der Waals surface area contributed by atoms with Crippen molar-refractivity contribution in [1.82, 2.24) is 15.5 Å². The van der Waals surface area contributed by atoms with E-state index in [0.717, 1.165) is 64.9 Å². The van der Waals surface area contributed by atoms with Gasteiger partial charge in [-0.05, 0) is 27.3 Å². The first-order chi connectivity index (χ1) is 9.74. The fraction of sp³-hybridized carbons (Fsp3) is 0.929. The summed E-state index contributed by atoms with van der Waals surface area (Å²) in [4.78, 5) is 6.75. The van der Waals surface area contributed by atoms with Crippen LogP contribution < -0.4 is 10.6 Å². The third-order valence-corrected chi connectivity index (χ3v) is 2.73. The molecule has 0 rings (SSSR count). The number of hydrogen-bond acceptors (Lipinski definition) is 4. The zero-order valence-electron chi connectivity index (χ0n) is 13.6. The number of hydrogen-bond donors (Lipinski definition) is 2. The summed E-state index contributed by atoms with van der Waals surface area (Å²) in [6.07, 6.45) is 0.957. The first-order valence-corrected chi connectivity index (χ1v) is 7.52. The van der Waals surface area contributed by atoms with Crippen molar-refractivity contribution < 1.29 is 9.47 Å². The lowest BCUT2D eigenvalue weighted by Gasteiger charge is -2.17. The third-order valence-electron chi connectivity index (χ3n) is 2.73. The maximum Gasteiger partial charge on any atom is 0.191 e. The van der Waals surface area contributed by atoms with Gasteiger partial charge in [0.15, 0.2) is 5.96 Å². The summed E-state index contributed by atoms with van der Waals surface area (Å²) < 4.78 is 10.4. The van der Waals surface area contributed by atoms with E-state index in [1.54, 1.807) is 7.11 Å². The fourth-order valence-electron chi connectivity index (χ4n) is 1.57. The molecule has 0 aromatic heterocycles. The van der Waals surface area contributed by atoms with Crippen molar-refractivity contribution in [3.63, 3.8) is 0 Å². The van der Waals surface area contributed by atoms with Gasteiger partial charge in [0.05, 0.1) is 6.61 Å². The Balaban J connectivity index is 3.80. The minimum absolute atomic E-state index is 0.766. The van der Waals surface area contributed by atoms with Gasteiger partial charge in [0.2, 0.25) is 0 Å². The standard InChI is InChI=1S/C14H32N4O2/c1-5-15-14(16-8-7-12-20-6-2)17-9-10-18(3)11-13-19-4/h5-13H2,1-4H3,(H2,15,16,17). The highest BCUT2D eigenvalue weighted by atomic mass is 16.5. The third kappa shape index (κ3) is 12.2. The van der Waals surface area contributed by atoms with E-state index < -0.39 is 0 Å². The van der Waals surface area contributed by atoms with Crippen molar-refractivity contribution in [3.05, 3.63) is 0 Å². The van der Waals surface area contributed by atoms with E-state index in [1.807, 2.05) is 6.92 Å². The molecule has 0 atom stereocenters. The normalized spacial score (nSPS) is 11.9. The van der Waals surface area contributed by atoms with Crippen LogP contribution in [0.15, 0.2) is 4.99 Å². The highest BCUT2D eigenvalue weighted by Gasteiger charge is 1.99. The second-order valence-corrected chi connectivity index (χ2v) is 4.53. The number of aliphatic imine (C=N–C) groups is 1. The van der Waals surface area contributed by atoms with Crippen LogP contribution in [0.1, 0.15) is 20.3 Å². The van der Waals surface area contributed by atoms with Crippen LogP contribution in [0, 0.1) is 0 Å². The van der Waals surface area contributed by atoms with Crippen LogP contribution in [0.25, 0.3) is 0 Å². The molecule has 6 nitrogen and oxygen atoms in total. The van der Waals surface area contributed by atoms with Gasteiger partial charge in [0, 0.05) is 53.0 Å². The number of guanidine groups is 1. The molecule has 0 aromatic rings. The summed E-state index contributed by atoms with van der Waals surface area (Å²) in [6, 6.07) is 0. The summed E-state index contributed by atoms with van der Waals surface area (Å²) >= 11 is 0. The zero-order valence-corrected chi connectivity index (χ0v) is 13.6. The topological polar surface area (TPSA) is 58.1 Å². The number of likely N-dealkylation sites (N-methyl/N-ethyl adjacent to an activating group) is 1. The van der Waals surface area contributed by atoms with Crippen LogP contribution in [-0.2, 0) is 9.47 Å². The predicted molar refractivity (Wildman–Crippen MR) is 84.5 cm³/mol. The van der Waals surface area contributed by atoms with Gasteiger partial charge in [-0.3, -0.25) is 4.99 Å². The van der Waals surface area contributed by atoms with E-state index in [9.17, 15) is 0 Å². The van der Waals surface area contributed by atoms with Gasteiger partial charge in [0.1, 0.15) is 0 Å². The highest BCUT2D eigenvalue weighted by molar-refractivity contribution is 5.79. The molecule has 0 aliphatic carbocycles. The Morgan fingerprint density at radius 2 is 1.95 bits per heavy atom. The Kier molecular flexibility index (Phi) is 13.9. The average Bonchev–Trinajstić information content (AvgIpc) is 2.44. The minimum atomic E-state index is 0.766. The Morgan fingerprint density at radius 1 is 1.15 bits per heavy atom. The van der Waals surface area contributed by atoms with Crippen LogP contribution in [0.5, 0.6) is 0 Å². The molecule has 120 valence electrons. The summed E-state index contributed by atoms with van der Waals surface area (Å²) in [5.41, 5.74) is 0. The summed E-state index contributed by atoms with van der Waals surface area (Å²) in [5, 5.41) is 6.58. The maximum atomic E-state index is 5.30. The molecule has 6 heteroatoms. The zero-order chi connectivity index (χ0) is 15.1. The van der Waals surface area contributed by atoms with Gasteiger partial charge in [-0.2, -0.15) is 0 Å². The largest absolute Gasteiger partial charge is 0.383 e. The first-order valence-electron chi connectivity index (χ1n) is 7.52. The Morgan fingerprint density at radius 3 is 2.60 bits per heavy atom. The van der Waals surface area contributed by atoms with Crippen molar-refractivity contribution in [2.45, 2.75) is 20.3 Å². The van der Waals surface area contributed by atoms with Crippen molar-refractivity contribution in [3.8, 4) is 0 Å². The van der Waals surface area contributed by atoms with Crippen LogP contribution in [0.2, 0.25) is 0 Å². The number of methoxy groups -OCH3 is 1. The van der Waals surface area contributed by atoms with Gasteiger partial charge < -0.3 is 25.0 Å².